The summed E-state index contributed by atoms with van der Waals surface area (Å²) in [5, 5.41) is 0.997. The van der Waals surface area contributed by atoms with Crippen molar-refractivity contribution in [3.05, 3.63) is 33.7 Å². The Balaban J connectivity index is 2.33. The molecule has 1 heterocycles. The molecule has 0 N–H and O–H groups in total. The lowest BCUT2D eigenvalue weighted by Gasteiger charge is -1.97. The highest BCUT2D eigenvalue weighted by Crippen LogP contribution is 2.22. The molecule has 2 aromatic rings. The lowest BCUT2D eigenvalue weighted by atomic mass is 10.1. The van der Waals surface area contributed by atoms with E-state index >= 15 is 0 Å². The number of halogens is 1. The highest BCUT2D eigenvalue weighted by atomic mass is 127. The molecule has 0 fully saturated rings. The van der Waals surface area contributed by atoms with Crippen molar-refractivity contribution in [2.24, 2.45) is 0 Å². The summed E-state index contributed by atoms with van der Waals surface area (Å²) in [7, 11) is 0. The van der Waals surface area contributed by atoms with Gasteiger partial charge in [-0.2, -0.15) is 4.37 Å². The molecule has 0 aliphatic carbocycles. The third kappa shape index (κ3) is 2.12. The Hall–Kier alpha value is -0.490. The minimum absolute atomic E-state index is 0.821. The number of hydrogen-bond acceptors (Lipinski definition) is 3. The Morgan fingerprint density at radius 1 is 1.29 bits per heavy atom. The van der Waals surface area contributed by atoms with Crippen LogP contribution >= 0.6 is 34.1 Å². The van der Waals surface area contributed by atoms with Gasteiger partial charge in [0.25, 0.3) is 0 Å². The van der Waals surface area contributed by atoms with Crippen molar-refractivity contribution < 1.29 is 0 Å². The maximum atomic E-state index is 4.33. The van der Waals surface area contributed by atoms with Crippen LogP contribution in [0.3, 0.4) is 0 Å². The molecule has 0 amide bonds. The Morgan fingerprint density at radius 2 is 2.00 bits per heavy atom. The SMILES string of the molecule is CCc1ccc(-c2nc(I)ns2)cc1. The number of aryl methyl sites for hydroxylation is 1. The minimum Gasteiger partial charge on any atom is -0.210 e. The van der Waals surface area contributed by atoms with Crippen LogP contribution in [0, 0.1) is 3.83 Å². The Labute approximate surface area is 101 Å². The Kier molecular flexibility index (Phi) is 3.12. The summed E-state index contributed by atoms with van der Waals surface area (Å²) >= 11 is 3.58. The molecular formula is C10H9IN2S. The fraction of sp³-hybridized carbons (Fsp3) is 0.200. The van der Waals surface area contributed by atoms with Gasteiger partial charge in [-0.3, -0.25) is 0 Å². The van der Waals surface area contributed by atoms with Gasteiger partial charge in [0.1, 0.15) is 5.01 Å². The summed E-state index contributed by atoms with van der Waals surface area (Å²) < 4.78 is 4.97. The molecule has 0 aliphatic rings. The first-order chi connectivity index (χ1) is 6.79. The van der Waals surface area contributed by atoms with E-state index in [9.17, 15) is 0 Å². The van der Waals surface area contributed by atoms with Gasteiger partial charge in [0, 0.05) is 28.2 Å². The monoisotopic (exact) mass is 316 g/mol. The normalized spacial score (nSPS) is 10.4. The summed E-state index contributed by atoms with van der Waals surface area (Å²) in [6.07, 6.45) is 1.08. The molecule has 4 heteroatoms. The zero-order valence-electron chi connectivity index (χ0n) is 7.70. The van der Waals surface area contributed by atoms with Crippen LogP contribution in [0.15, 0.2) is 24.3 Å². The van der Waals surface area contributed by atoms with Gasteiger partial charge in [0.05, 0.1) is 0 Å². The van der Waals surface area contributed by atoms with Crippen LogP contribution in [0.5, 0.6) is 0 Å². The lowest BCUT2D eigenvalue weighted by Crippen LogP contribution is -1.80. The van der Waals surface area contributed by atoms with Crippen LogP contribution in [0.1, 0.15) is 12.5 Å². The van der Waals surface area contributed by atoms with Crippen molar-refractivity contribution in [2.75, 3.05) is 0 Å². The van der Waals surface area contributed by atoms with Gasteiger partial charge >= 0.3 is 0 Å². The predicted molar refractivity (Wildman–Crippen MR) is 67.4 cm³/mol. The predicted octanol–water partition coefficient (Wildman–Crippen LogP) is 3.37. The van der Waals surface area contributed by atoms with E-state index in [1.165, 1.54) is 17.1 Å². The molecule has 0 saturated heterocycles. The van der Waals surface area contributed by atoms with E-state index in [2.05, 4.69) is 63.1 Å². The third-order valence-electron chi connectivity index (χ3n) is 2.01. The van der Waals surface area contributed by atoms with Crippen molar-refractivity contribution in [3.8, 4) is 10.6 Å². The molecule has 2 rings (SSSR count). The molecule has 14 heavy (non-hydrogen) atoms. The standard InChI is InChI=1S/C10H9IN2S/c1-2-7-3-5-8(6-4-7)9-12-10(11)13-14-9/h3-6H,2H2,1H3. The van der Waals surface area contributed by atoms with Crippen LogP contribution in [-0.4, -0.2) is 9.36 Å². The number of nitrogens with zero attached hydrogens (tertiary/aromatic N) is 2. The van der Waals surface area contributed by atoms with Gasteiger partial charge in [-0.05, 0) is 23.5 Å². The minimum atomic E-state index is 0.821. The number of aromatic nitrogens is 2. The first-order valence-electron chi connectivity index (χ1n) is 4.38. The van der Waals surface area contributed by atoms with Crippen molar-refractivity contribution >= 4 is 34.1 Å². The Morgan fingerprint density at radius 3 is 2.50 bits per heavy atom. The second kappa shape index (κ2) is 4.35. The molecule has 0 radical (unpaired) electrons. The zero-order valence-corrected chi connectivity index (χ0v) is 10.7. The lowest BCUT2D eigenvalue weighted by molar-refractivity contribution is 1.14. The molecule has 1 aromatic carbocycles. The number of rotatable bonds is 2. The fourth-order valence-electron chi connectivity index (χ4n) is 1.21. The van der Waals surface area contributed by atoms with Crippen LogP contribution in [0.2, 0.25) is 0 Å². The van der Waals surface area contributed by atoms with Crippen LogP contribution in [0.25, 0.3) is 10.6 Å². The van der Waals surface area contributed by atoms with Crippen LogP contribution in [-0.2, 0) is 6.42 Å². The van der Waals surface area contributed by atoms with Gasteiger partial charge in [-0.1, -0.05) is 31.2 Å². The van der Waals surface area contributed by atoms with E-state index < -0.39 is 0 Å². The molecule has 0 atom stereocenters. The number of hydrogen-bond donors (Lipinski definition) is 0. The second-order valence-electron chi connectivity index (χ2n) is 2.92. The van der Waals surface area contributed by atoms with Crippen molar-refractivity contribution in [2.45, 2.75) is 13.3 Å². The van der Waals surface area contributed by atoms with Gasteiger partial charge in [-0.25, -0.2) is 4.98 Å². The van der Waals surface area contributed by atoms with Gasteiger partial charge in [0.15, 0.2) is 0 Å². The molecule has 1 aromatic heterocycles. The highest BCUT2D eigenvalue weighted by Gasteiger charge is 2.03. The summed E-state index contributed by atoms with van der Waals surface area (Å²) in [6, 6.07) is 8.50. The van der Waals surface area contributed by atoms with Crippen LogP contribution in [0.4, 0.5) is 0 Å². The molecule has 72 valence electrons. The average molecular weight is 316 g/mol. The summed E-state index contributed by atoms with van der Waals surface area (Å²) in [4.78, 5) is 4.33. The Bertz CT molecular complexity index is 422. The number of benzene rings is 1. The summed E-state index contributed by atoms with van der Waals surface area (Å²) in [5.74, 6) is 0. The van der Waals surface area contributed by atoms with E-state index in [1.807, 2.05) is 0 Å². The first-order valence-corrected chi connectivity index (χ1v) is 6.23. The first kappa shape index (κ1) is 10.0. The maximum absolute atomic E-state index is 4.33. The van der Waals surface area contributed by atoms with E-state index in [-0.39, 0.29) is 0 Å². The van der Waals surface area contributed by atoms with Gasteiger partial charge in [0.2, 0.25) is 3.83 Å². The van der Waals surface area contributed by atoms with Crippen molar-refractivity contribution in [1.29, 1.82) is 0 Å². The van der Waals surface area contributed by atoms with E-state index in [0.29, 0.717) is 0 Å². The molecule has 0 unspecified atom stereocenters. The zero-order chi connectivity index (χ0) is 9.97. The van der Waals surface area contributed by atoms with Crippen molar-refractivity contribution in [3.63, 3.8) is 0 Å². The topological polar surface area (TPSA) is 25.8 Å². The molecule has 0 aliphatic heterocycles. The molecule has 0 saturated carbocycles. The van der Waals surface area contributed by atoms with Crippen LogP contribution < -0.4 is 0 Å². The largest absolute Gasteiger partial charge is 0.210 e. The van der Waals surface area contributed by atoms with Gasteiger partial charge < -0.3 is 0 Å². The van der Waals surface area contributed by atoms with E-state index in [4.69, 9.17) is 0 Å². The molecular weight excluding hydrogens is 307 g/mol. The van der Waals surface area contributed by atoms with E-state index in [0.717, 1.165) is 20.8 Å². The molecule has 2 nitrogen and oxygen atoms in total. The maximum Gasteiger partial charge on any atom is 0.203 e. The summed E-state index contributed by atoms with van der Waals surface area (Å²) in [5.41, 5.74) is 2.51. The highest BCUT2D eigenvalue weighted by molar-refractivity contribution is 14.1. The van der Waals surface area contributed by atoms with E-state index in [1.54, 1.807) is 0 Å². The second-order valence-corrected chi connectivity index (χ2v) is 4.64. The fourth-order valence-corrected chi connectivity index (χ4v) is 2.48. The molecule has 0 spiro atoms. The van der Waals surface area contributed by atoms with Gasteiger partial charge in [-0.15, -0.1) is 0 Å². The van der Waals surface area contributed by atoms with Crippen molar-refractivity contribution in [1.82, 2.24) is 9.36 Å². The summed E-state index contributed by atoms with van der Waals surface area (Å²) in [6.45, 7) is 2.16. The third-order valence-corrected chi connectivity index (χ3v) is 3.58. The average Bonchev–Trinajstić information content (AvgIpc) is 2.65. The quantitative estimate of drug-likeness (QED) is 0.794. The molecule has 0 bridgehead atoms. The smallest absolute Gasteiger partial charge is 0.203 e.